The number of carbonyl (C=O) groups is 1. The summed E-state index contributed by atoms with van der Waals surface area (Å²) in [4.78, 5) is 11.9. The zero-order valence-electron chi connectivity index (χ0n) is 11.1. The lowest BCUT2D eigenvalue weighted by atomic mass is 10.0. The molecule has 0 fully saturated rings. The van der Waals surface area contributed by atoms with Crippen molar-refractivity contribution in [3.63, 3.8) is 0 Å². The summed E-state index contributed by atoms with van der Waals surface area (Å²) in [6.45, 7) is 4.23. The van der Waals surface area contributed by atoms with Gasteiger partial charge in [0.15, 0.2) is 0 Å². The molecular weight excluding hydrogens is 226 g/mol. The van der Waals surface area contributed by atoms with Crippen molar-refractivity contribution in [3.05, 3.63) is 36.5 Å². The van der Waals surface area contributed by atoms with Gasteiger partial charge in [-0.1, -0.05) is 32.0 Å². The molecule has 0 amide bonds. The summed E-state index contributed by atoms with van der Waals surface area (Å²) < 4.78 is 6.94. The van der Waals surface area contributed by atoms with Crippen LogP contribution < -0.4 is 0 Å². The first kappa shape index (κ1) is 12.7. The van der Waals surface area contributed by atoms with E-state index in [9.17, 15) is 4.79 Å². The maximum absolute atomic E-state index is 11.9. The predicted molar refractivity (Wildman–Crippen MR) is 72.4 cm³/mol. The Morgan fingerprint density at radius 2 is 2.00 bits per heavy atom. The molecule has 0 aliphatic carbocycles. The van der Waals surface area contributed by atoms with Crippen LogP contribution in [-0.2, 0) is 9.53 Å². The minimum Gasteiger partial charge on any atom is -0.467 e. The number of aromatic nitrogens is 1. The number of benzene rings is 1. The van der Waals surface area contributed by atoms with Crippen LogP contribution in [0.1, 0.15) is 26.3 Å². The van der Waals surface area contributed by atoms with E-state index in [1.807, 2.05) is 35.0 Å². The van der Waals surface area contributed by atoms with Crippen LogP contribution in [0.15, 0.2) is 36.5 Å². The van der Waals surface area contributed by atoms with Gasteiger partial charge < -0.3 is 9.30 Å². The van der Waals surface area contributed by atoms with Crippen LogP contribution in [0.4, 0.5) is 0 Å². The summed E-state index contributed by atoms with van der Waals surface area (Å²) in [6.07, 6.45) is 2.75. The maximum Gasteiger partial charge on any atom is 0.328 e. The molecule has 0 radical (unpaired) electrons. The fourth-order valence-corrected chi connectivity index (χ4v) is 2.28. The first-order chi connectivity index (χ1) is 8.63. The van der Waals surface area contributed by atoms with Gasteiger partial charge in [-0.3, -0.25) is 0 Å². The molecule has 0 aliphatic heterocycles. The number of esters is 1. The number of fused-ring (bicyclic) bond motifs is 1. The van der Waals surface area contributed by atoms with Crippen LogP contribution in [0.3, 0.4) is 0 Å². The summed E-state index contributed by atoms with van der Waals surface area (Å²) >= 11 is 0. The highest BCUT2D eigenvalue weighted by Crippen LogP contribution is 2.25. The van der Waals surface area contributed by atoms with Crippen molar-refractivity contribution in [2.24, 2.45) is 5.92 Å². The highest BCUT2D eigenvalue weighted by Gasteiger charge is 2.23. The molecule has 2 rings (SSSR count). The first-order valence-electron chi connectivity index (χ1n) is 6.27. The van der Waals surface area contributed by atoms with E-state index in [0.29, 0.717) is 5.92 Å². The van der Waals surface area contributed by atoms with Crippen LogP contribution in [-0.4, -0.2) is 17.6 Å². The molecule has 2 aromatic rings. The van der Waals surface area contributed by atoms with E-state index in [-0.39, 0.29) is 12.0 Å². The molecular formula is C15H19NO2. The number of rotatable bonds is 4. The van der Waals surface area contributed by atoms with Gasteiger partial charge in [0.25, 0.3) is 0 Å². The average molecular weight is 245 g/mol. The van der Waals surface area contributed by atoms with Gasteiger partial charge in [0, 0.05) is 11.7 Å². The minimum atomic E-state index is -0.241. The summed E-state index contributed by atoms with van der Waals surface area (Å²) in [5.74, 6) is 0.264. The van der Waals surface area contributed by atoms with Crippen molar-refractivity contribution in [3.8, 4) is 0 Å². The molecule has 1 aromatic carbocycles. The molecule has 1 atom stereocenters. The molecule has 1 aromatic heterocycles. The Kier molecular flexibility index (Phi) is 3.70. The van der Waals surface area contributed by atoms with E-state index in [2.05, 4.69) is 19.9 Å². The van der Waals surface area contributed by atoms with Crippen molar-refractivity contribution < 1.29 is 9.53 Å². The van der Waals surface area contributed by atoms with Crippen molar-refractivity contribution in [2.45, 2.75) is 26.3 Å². The SMILES string of the molecule is COC(=O)[C@@H](CC(C)C)n1ccc2ccccc21. The summed E-state index contributed by atoms with van der Waals surface area (Å²) in [7, 11) is 1.45. The molecule has 0 saturated heterocycles. The van der Waals surface area contributed by atoms with Crippen molar-refractivity contribution in [1.82, 2.24) is 4.57 Å². The number of nitrogens with zero attached hydrogens (tertiary/aromatic N) is 1. The van der Waals surface area contributed by atoms with Gasteiger partial charge in [0.1, 0.15) is 6.04 Å². The fraction of sp³-hybridized carbons (Fsp3) is 0.400. The molecule has 3 nitrogen and oxygen atoms in total. The van der Waals surface area contributed by atoms with Crippen LogP contribution >= 0.6 is 0 Å². The molecule has 96 valence electrons. The molecule has 3 heteroatoms. The number of ether oxygens (including phenoxy) is 1. The van der Waals surface area contributed by atoms with Gasteiger partial charge in [-0.25, -0.2) is 4.79 Å². The summed E-state index contributed by atoms with van der Waals surface area (Å²) in [6, 6.07) is 9.87. The van der Waals surface area contributed by atoms with Gasteiger partial charge in [-0.15, -0.1) is 0 Å². The van der Waals surface area contributed by atoms with Crippen LogP contribution in [0.5, 0.6) is 0 Å². The van der Waals surface area contributed by atoms with Gasteiger partial charge in [-0.2, -0.15) is 0 Å². The Morgan fingerprint density at radius 1 is 1.28 bits per heavy atom. The van der Waals surface area contributed by atoms with Crippen LogP contribution in [0.25, 0.3) is 10.9 Å². The normalized spacial score (nSPS) is 12.9. The topological polar surface area (TPSA) is 31.2 Å². The molecule has 0 bridgehead atoms. The highest BCUT2D eigenvalue weighted by molar-refractivity contribution is 5.83. The number of hydrogen-bond acceptors (Lipinski definition) is 2. The zero-order valence-corrected chi connectivity index (χ0v) is 11.1. The predicted octanol–water partition coefficient (Wildman–Crippen LogP) is 3.40. The summed E-state index contributed by atoms with van der Waals surface area (Å²) in [5.41, 5.74) is 1.08. The van der Waals surface area contributed by atoms with Crippen LogP contribution in [0, 0.1) is 5.92 Å². The van der Waals surface area contributed by atoms with E-state index < -0.39 is 0 Å². The molecule has 0 N–H and O–H groups in total. The number of methoxy groups -OCH3 is 1. The Balaban J connectivity index is 2.44. The fourth-order valence-electron chi connectivity index (χ4n) is 2.28. The maximum atomic E-state index is 11.9. The second-order valence-electron chi connectivity index (χ2n) is 4.95. The standard InChI is InChI=1S/C15H19NO2/c1-11(2)10-14(15(17)18-3)16-9-8-12-6-4-5-7-13(12)16/h4-9,11,14H,10H2,1-3H3/t14-/m1/s1. The number of carbonyl (C=O) groups excluding carboxylic acids is 1. The second-order valence-corrected chi connectivity index (χ2v) is 4.95. The smallest absolute Gasteiger partial charge is 0.328 e. The third-order valence-corrected chi connectivity index (χ3v) is 3.13. The summed E-state index contributed by atoms with van der Waals surface area (Å²) in [5, 5.41) is 1.15. The Labute approximate surface area is 107 Å². The third-order valence-electron chi connectivity index (χ3n) is 3.13. The van der Waals surface area contributed by atoms with Crippen molar-refractivity contribution in [1.29, 1.82) is 0 Å². The Hall–Kier alpha value is -1.77. The van der Waals surface area contributed by atoms with Gasteiger partial charge in [0.05, 0.1) is 7.11 Å². The van der Waals surface area contributed by atoms with Gasteiger partial charge in [-0.05, 0) is 29.9 Å². The lowest BCUT2D eigenvalue weighted by Gasteiger charge is -2.19. The largest absolute Gasteiger partial charge is 0.467 e. The lowest BCUT2D eigenvalue weighted by Crippen LogP contribution is -2.22. The molecule has 0 unspecified atom stereocenters. The van der Waals surface area contributed by atoms with Gasteiger partial charge in [0.2, 0.25) is 0 Å². The average Bonchev–Trinajstić information content (AvgIpc) is 2.78. The molecule has 0 spiro atoms. The quantitative estimate of drug-likeness (QED) is 0.773. The molecule has 18 heavy (non-hydrogen) atoms. The molecule has 0 aliphatic rings. The van der Waals surface area contributed by atoms with Crippen molar-refractivity contribution >= 4 is 16.9 Å². The highest BCUT2D eigenvalue weighted by atomic mass is 16.5. The van der Waals surface area contributed by atoms with E-state index >= 15 is 0 Å². The van der Waals surface area contributed by atoms with E-state index in [0.717, 1.165) is 17.3 Å². The third kappa shape index (κ3) is 2.40. The molecule has 0 saturated carbocycles. The van der Waals surface area contributed by atoms with E-state index in [4.69, 9.17) is 4.74 Å². The van der Waals surface area contributed by atoms with Crippen LogP contribution in [0.2, 0.25) is 0 Å². The number of hydrogen-bond donors (Lipinski definition) is 0. The number of para-hydroxylation sites is 1. The Morgan fingerprint density at radius 3 is 2.67 bits per heavy atom. The van der Waals surface area contributed by atoms with E-state index in [1.165, 1.54) is 7.11 Å². The lowest BCUT2D eigenvalue weighted by molar-refractivity contribution is -0.145. The first-order valence-corrected chi connectivity index (χ1v) is 6.27. The monoisotopic (exact) mass is 245 g/mol. The minimum absolute atomic E-state index is 0.176. The molecule has 1 heterocycles. The second kappa shape index (κ2) is 5.25. The van der Waals surface area contributed by atoms with Crippen molar-refractivity contribution in [2.75, 3.05) is 7.11 Å². The van der Waals surface area contributed by atoms with E-state index in [1.54, 1.807) is 0 Å². The zero-order chi connectivity index (χ0) is 13.1. The Bertz CT molecular complexity index is 542. The van der Waals surface area contributed by atoms with Gasteiger partial charge >= 0.3 is 5.97 Å².